The van der Waals surface area contributed by atoms with E-state index in [1.165, 1.54) is 37.9 Å². The second kappa shape index (κ2) is 9.43. The van der Waals surface area contributed by atoms with Crippen molar-refractivity contribution < 1.29 is 9.53 Å². The van der Waals surface area contributed by atoms with Gasteiger partial charge in [0.2, 0.25) is 5.91 Å². The van der Waals surface area contributed by atoms with Gasteiger partial charge in [0.15, 0.2) is 0 Å². The minimum Gasteiger partial charge on any atom is -0.494 e. The Labute approximate surface area is 132 Å². The molecular weight excluding hydrogens is 278 g/mol. The van der Waals surface area contributed by atoms with Gasteiger partial charge in [-0.25, -0.2) is 0 Å². The van der Waals surface area contributed by atoms with Crippen LogP contribution in [0.1, 0.15) is 31.2 Å². The van der Waals surface area contributed by atoms with Gasteiger partial charge in [-0.15, -0.1) is 0 Å². The summed E-state index contributed by atoms with van der Waals surface area (Å²) in [5.74, 6) is 0.759. The van der Waals surface area contributed by atoms with E-state index in [9.17, 15) is 4.79 Å². The molecule has 1 aliphatic rings. The molecule has 1 fully saturated rings. The van der Waals surface area contributed by atoms with Crippen LogP contribution >= 0.6 is 0 Å². The third kappa shape index (κ3) is 6.03. The highest BCUT2D eigenvalue weighted by Crippen LogP contribution is 2.16. The summed E-state index contributed by atoms with van der Waals surface area (Å²) in [6.07, 6.45) is 4.79. The summed E-state index contributed by atoms with van der Waals surface area (Å²) < 4.78 is 5.67. The van der Waals surface area contributed by atoms with Gasteiger partial charge in [0.25, 0.3) is 0 Å². The number of nitrogens with one attached hydrogen (secondary N) is 1. The van der Waals surface area contributed by atoms with Crippen molar-refractivity contribution in [2.45, 2.75) is 32.2 Å². The molecule has 3 N–H and O–H groups in total. The topological polar surface area (TPSA) is 67.6 Å². The molecule has 0 unspecified atom stereocenters. The highest BCUT2D eigenvalue weighted by Gasteiger charge is 2.10. The molecule has 0 aromatic heterocycles. The van der Waals surface area contributed by atoms with Crippen LogP contribution in [0.3, 0.4) is 0 Å². The van der Waals surface area contributed by atoms with E-state index in [1.807, 2.05) is 12.1 Å². The zero-order chi connectivity index (χ0) is 15.6. The molecule has 2 rings (SSSR count). The van der Waals surface area contributed by atoms with Gasteiger partial charge in [0.1, 0.15) is 5.75 Å². The molecule has 1 aromatic rings. The SMILES string of the molecule is NCC(=O)NCCCOc1ccc(CN2CCCCC2)cc1. The third-order valence-electron chi connectivity index (χ3n) is 3.88. The lowest BCUT2D eigenvalue weighted by molar-refractivity contribution is -0.119. The first kappa shape index (κ1) is 16.8. The molecular formula is C17H27N3O2. The molecule has 0 spiro atoms. The molecule has 1 amide bonds. The van der Waals surface area contributed by atoms with Crippen LogP contribution in [0.5, 0.6) is 5.75 Å². The maximum Gasteiger partial charge on any atom is 0.233 e. The van der Waals surface area contributed by atoms with Crippen LogP contribution in [0.25, 0.3) is 0 Å². The van der Waals surface area contributed by atoms with Crippen LogP contribution in [0.2, 0.25) is 0 Å². The van der Waals surface area contributed by atoms with Crippen molar-refractivity contribution in [2.24, 2.45) is 5.73 Å². The molecule has 22 heavy (non-hydrogen) atoms. The maximum atomic E-state index is 11.0. The minimum atomic E-state index is -0.123. The van der Waals surface area contributed by atoms with Gasteiger partial charge in [0.05, 0.1) is 13.2 Å². The molecule has 1 saturated heterocycles. The summed E-state index contributed by atoms with van der Waals surface area (Å²) >= 11 is 0. The van der Waals surface area contributed by atoms with Crippen LogP contribution in [0.4, 0.5) is 0 Å². The lowest BCUT2D eigenvalue weighted by Crippen LogP contribution is -2.31. The summed E-state index contributed by atoms with van der Waals surface area (Å²) in [6.45, 7) is 4.70. The van der Waals surface area contributed by atoms with Gasteiger partial charge in [0, 0.05) is 13.1 Å². The summed E-state index contributed by atoms with van der Waals surface area (Å²) in [5.41, 5.74) is 6.55. The zero-order valence-electron chi connectivity index (χ0n) is 13.2. The molecule has 0 aliphatic carbocycles. The van der Waals surface area contributed by atoms with Crippen molar-refractivity contribution in [1.29, 1.82) is 0 Å². The predicted molar refractivity (Wildman–Crippen MR) is 87.7 cm³/mol. The molecule has 5 heteroatoms. The average molecular weight is 305 g/mol. The number of nitrogens with two attached hydrogens (primary N) is 1. The standard InChI is InChI=1S/C17H27N3O2/c18-13-17(21)19-9-4-12-22-16-7-5-15(6-8-16)14-20-10-2-1-3-11-20/h5-8H,1-4,9-14,18H2,(H,19,21). The fourth-order valence-electron chi connectivity index (χ4n) is 2.63. The number of rotatable bonds is 8. The second-order valence-electron chi connectivity index (χ2n) is 5.74. The monoisotopic (exact) mass is 305 g/mol. The lowest BCUT2D eigenvalue weighted by atomic mass is 10.1. The predicted octanol–water partition coefficient (Wildman–Crippen LogP) is 1.52. The number of carbonyl (C=O) groups excluding carboxylic acids is 1. The largest absolute Gasteiger partial charge is 0.494 e. The molecule has 0 saturated carbocycles. The van der Waals surface area contributed by atoms with E-state index < -0.39 is 0 Å². The Balaban J connectivity index is 1.64. The minimum absolute atomic E-state index is 0.0410. The molecule has 122 valence electrons. The number of likely N-dealkylation sites (tertiary alicyclic amines) is 1. The molecule has 5 nitrogen and oxygen atoms in total. The Morgan fingerprint density at radius 3 is 2.59 bits per heavy atom. The Morgan fingerprint density at radius 1 is 1.18 bits per heavy atom. The van der Waals surface area contributed by atoms with Crippen LogP contribution < -0.4 is 15.8 Å². The fourth-order valence-corrected chi connectivity index (χ4v) is 2.63. The Kier molecular flexibility index (Phi) is 7.19. The highest BCUT2D eigenvalue weighted by atomic mass is 16.5. The number of ether oxygens (including phenoxy) is 1. The Morgan fingerprint density at radius 2 is 1.91 bits per heavy atom. The van der Waals surface area contributed by atoms with E-state index in [0.717, 1.165) is 18.7 Å². The van der Waals surface area contributed by atoms with Crippen molar-refractivity contribution in [3.8, 4) is 5.75 Å². The van der Waals surface area contributed by atoms with Gasteiger partial charge in [-0.05, 0) is 50.0 Å². The average Bonchev–Trinajstić information content (AvgIpc) is 2.57. The van der Waals surface area contributed by atoms with E-state index in [1.54, 1.807) is 0 Å². The van der Waals surface area contributed by atoms with Gasteiger partial charge in [-0.1, -0.05) is 18.6 Å². The van der Waals surface area contributed by atoms with Gasteiger partial charge < -0.3 is 15.8 Å². The smallest absolute Gasteiger partial charge is 0.233 e. The lowest BCUT2D eigenvalue weighted by Gasteiger charge is -2.26. The van der Waals surface area contributed by atoms with Crippen molar-refractivity contribution in [3.63, 3.8) is 0 Å². The number of benzene rings is 1. The van der Waals surface area contributed by atoms with Crippen molar-refractivity contribution in [3.05, 3.63) is 29.8 Å². The normalized spacial score (nSPS) is 15.5. The number of hydrogen-bond acceptors (Lipinski definition) is 4. The van der Waals surface area contributed by atoms with Gasteiger partial charge in [-0.2, -0.15) is 0 Å². The molecule has 1 aliphatic heterocycles. The number of amides is 1. The number of hydrogen-bond donors (Lipinski definition) is 2. The fraction of sp³-hybridized carbons (Fsp3) is 0.588. The van der Waals surface area contributed by atoms with Crippen LogP contribution in [0.15, 0.2) is 24.3 Å². The summed E-state index contributed by atoms with van der Waals surface area (Å²) in [4.78, 5) is 13.5. The van der Waals surface area contributed by atoms with E-state index in [2.05, 4.69) is 22.3 Å². The van der Waals surface area contributed by atoms with Gasteiger partial charge in [-0.3, -0.25) is 9.69 Å². The zero-order valence-corrected chi connectivity index (χ0v) is 13.2. The van der Waals surface area contributed by atoms with E-state index in [4.69, 9.17) is 10.5 Å². The van der Waals surface area contributed by atoms with Crippen molar-refractivity contribution >= 4 is 5.91 Å². The second-order valence-corrected chi connectivity index (χ2v) is 5.74. The highest BCUT2D eigenvalue weighted by molar-refractivity contribution is 5.77. The number of carbonyl (C=O) groups is 1. The molecule has 0 atom stereocenters. The summed E-state index contributed by atoms with van der Waals surface area (Å²) in [5, 5.41) is 2.72. The Hall–Kier alpha value is -1.59. The van der Waals surface area contributed by atoms with Crippen LogP contribution in [-0.2, 0) is 11.3 Å². The molecule has 0 radical (unpaired) electrons. The summed E-state index contributed by atoms with van der Waals surface area (Å²) in [7, 11) is 0. The number of piperidine rings is 1. The first-order chi connectivity index (χ1) is 10.8. The first-order valence-corrected chi connectivity index (χ1v) is 8.19. The number of nitrogens with zero attached hydrogens (tertiary/aromatic N) is 1. The summed E-state index contributed by atoms with van der Waals surface area (Å²) in [6, 6.07) is 8.33. The molecule has 0 bridgehead atoms. The van der Waals surface area contributed by atoms with E-state index in [-0.39, 0.29) is 12.5 Å². The molecule has 1 heterocycles. The van der Waals surface area contributed by atoms with E-state index in [0.29, 0.717) is 13.2 Å². The Bertz CT molecular complexity index is 442. The van der Waals surface area contributed by atoms with Crippen molar-refractivity contribution in [2.75, 3.05) is 32.8 Å². The van der Waals surface area contributed by atoms with Gasteiger partial charge >= 0.3 is 0 Å². The molecule has 1 aromatic carbocycles. The van der Waals surface area contributed by atoms with Crippen LogP contribution in [0, 0.1) is 0 Å². The third-order valence-corrected chi connectivity index (χ3v) is 3.88. The van der Waals surface area contributed by atoms with E-state index >= 15 is 0 Å². The van der Waals surface area contributed by atoms with Crippen molar-refractivity contribution in [1.82, 2.24) is 10.2 Å². The quantitative estimate of drug-likeness (QED) is 0.715. The van der Waals surface area contributed by atoms with Crippen LogP contribution in [-0.4, -0.2) is 43.6 Å². The maximum absolute atomic E-state index is 11.0. The first-order valence-electron chi connectivity index (χ1n) is 8.19.